The lowest BCUT2D eigenvalue weighted by molar-refractivity contribution is -0.167. The Bertz CT molecular complexity index is 1250. The van der Waals surface area contributed by atoms with Gasteiger partial charge in [-0.15, -0.1) is 0 Å². The summed E-state index contributed by atoms with van der Waals surface area (Å²) in [5.41, 5.74) is 0. The molecule has 1 unspecified atom stereocenters. The van der Waals surface area contributed by atoms with Crippen LogP contribution in [0.3, 0.4) is 0 Å². The second-order valence-electron chi connectivity index (χ2n) is 19.9. The van der Waals surface area contributed by atoms with Crippen LogP contribution in [-0.2, 0) is 28.6 Å². The number of rotatable bonds is 54. The molecule has 0 aromatic rings. The van der Waals surface area contributed by atoms with Crippen LogP contribution in [0.1, 0.15) is 303 Å². The fourth-order valence-electron chi connectivity index (χ4n) is 8.60. The topological polar surface area (TPSA) is 78.9 Å². The van der Waals surface area contributed by atoms with Crippen LogP contribution in [0, 0.1) is 0 Å². The lowest BCUT2D eigenvalue weighted by Crippen LogP contribution is -2.30. The fraction of sp³-hybridized carbons (Fsp3) is 0.794. The Balaban J connectivity index is 4.38. The van der Waals surface area contributed by atoms with E-state index in [0.29, 0.717) is 19.3 Å². The van der Waals surface area contributed by atoms with Gasteiger partial charge in [-0.05, 0) is 70.6 Å². The number of unbranched alkanes of at least 4 members (excludes halogenated alkanes) is 35. The van der Waals surface area contributed by atoms with Gasteiger partial charge in [-0.2, -0.15) is 0 Å². The maximum Gasteiger partial charge on any atom is 0.306 e. The molecule has 0 aliphatic rings. The third-order valence-corrected chi connectivity index (χ3v) is 13.1. The van der Waals surface area contributed by atoms with Gasteiger partial charge in [0.15, 0.2) is 6.10 Å². The molecule has 0 aliphatic carbocycles. The first kappa shape index (κ1) is 66.1. The van der Waals surface area contributed by atoms with Crippen molar-refractivity contribution in [3.8, 4) is 0 Å². The molecule has 6 nitrogen and oxygen atoms in total. The van der Waals surface area contributed by atoms with Crippen molar-refractivity contribution in [3.63, 3.8) is 0 Å². The summed E-state index contributed by atoms with van der Waals surface area (Å²) in [5, 5.41) is 0. The fourth-order valence-corrected chi connectivity index (χ4v) is 8.60. The predicted molar refractivity (Wildman–Crippen MR) is 298 cm³/mol. The molecule has 0 aliphatic heterocycles. The first-order chi connectivity index (χ1) is 34.0. The standard InChI is InChI=1S/C63H112O6/c1-4-7-10-13-16-19-22-25-28-30-32-34-35-38-41-44-47-50-53-56-62(65)68-59-60(58-67-61(64)55-52-49-46-43-40-37-27-24-21-18-15-12-9-6-3)69-63(66)57-54-51-48-45-42-39-36-33-31-29-26-23-20-17-14-11-8-5-2/h9,12,18,21,23,26,29,31,33,36,60H,4-8,10-11,13-17,19-20,22,24-25,27-28,30,32,34-35,37-59H2,1-3H3/b12-9-,21-18-,26-23-,31-29-,36-33-. The van der Waals surface area contributed by atoms with Gasteiger partial charge in [-0.25, -0.2) is 0 Å². The Morgan fingerprint density at radius 2 is 0.623 bits per heavy atom. The SMILES string of the molecule is CC/C=C\C/C=C\CCCCCCCCCC(=O)OCC(COC(=O)CCCCCCCCCCCCCCCCCCCCC)OC(=O)CCCCCCC\C=C/C=C\C=C/CCCCCCC. The average molecular weight is 966 g/mol. The van der Waals surface area contributed by atoms with Crippen molar-refractivity contribution in [3.05, 3.63) is 60.8 Å². The second kappa shape index (κ2) is 57.7. The average Bonchev–Trinajstić information content (AvgIpc) is 3.35. The number of carbonyl (C=O) groups is 3. The van der Waals surface area contributed by atoms with E-state index in [1.165, 1.54) is 161 Å². The molecular weight excluding hydrogens is 853 g/mol. The maximum atomic E-state index is 12.9. The quantitative estimate of drug-likeness (QED) is 0.0199. The lowest BCUT2D eigenvalue weighted by Gasteiger charge is -2.18. The third kappa shape index (κ3) is 55.9. The van der Waals surface area contributed by atoms with Gasteiger partial charge >= 0.3 is 17.9 Å². The Kier molecular flexibility index (Phi) is 55.3. The van der Waals surface area contributed by atoms with Crippen LogP contribution in [0.2, 0.25) is 0 Å². The minimum Gasteiger partial charge on any atom is -0.462 e. The van der Waals surface area contributed by atoms with Crippen LogP contribution in [0.4, 0.5) is 0 Å². The second-order valence-corrected chi connectivity index (χ2v) is 19.9. The molecule has 0 saturated heterocycles. The smallest absolute Gasteiger partial charge is 0.306 e. The van der Waals surface area contributed by atoms with Crippen LogP contribution in [0.15, 0.2) is 60.8 Å². The Labute approximate surface area is 428 Å². The lowest BCUT2D eigenvalue weighted by atomic mass is 10.0. The third-order valence-electron chi connectivity index (χ3n) is 13.1. The Morgan fingerprint density at radius 3 is 0.986 bits per heavy atom. The van der Waals surface area contributed by atoms with Crippen LogP contribution >= 0.6 is 0 Å². The normalized spacial score (nSPS) is 12.4. The number of carbonyl (C=O) groups excluding carboxylic acids is 3. The first-order valence-corrected chi connectivity index (χ1v) is 29.8. The number of hydrogen-bond donors (Lipinski definition) is 0. The summed E-state index contributed by atoms with van der Waals surface area (Å²) in [4.78, 5) is 38.2. The zero-order valence-corrected chi connectivity index (χ0v) is 45.8. The summed E-state index contributed by atoms with van der Waals surface area (Å²) in [6.07, 6.45) is 72.1. The van der Waals surface area contributed by atoms with E-state index in [4.69, 9.17) is 14.2 Å². The molecule has 0 saturated carbocycles. The van der Waals surface area contributed by atoms with Gasteiger partial charge in [0.1, 0.15) is 13.2 Å². The van der Waals surface area contributed by atoms with Crippen LogP contribution in [0.5, 0.6) is 0 Å². The number of ether oxygens (including phenoxy) is 3. The van der Waals surface area contributed by atoms with Crippen molar-refractivity contribution in [1.82, 2.24) is 0 Å². The largest absolute Gasteiger partial charge is 0.462 e. The molecule has 0 aromatic heterocycles. The van der Waals surface area contributed by atoms with Crippen molar-refractivity contribution >= 4 is 17.9 Å². The van der Waals surface area contributed by atoms with E-state index < -0.39 is 6.10 Å². The van der Waals surface area contributed by atoms with E-state index in [2.05, 4.69) is 81.5 Å². The molecule has 1 atom stereocenters. The molecule has 0 amide bonds. The molecule has 0 N–H and O–H groups in total. The van der Waals surface area contributed by atoms with Gasteiger partial charge in [-0.1, -0.05) is 274 Å². The molecule has 0 aromatic carbocycles. The first-order valence-electron chi connectivity index (χ1n) is 29.8. The van der Waals surface area contributed by atoms with Crippen LogP contribution in [0.25, 0.3) is 0 Å². The van der Waals surface area contributed by atoms with E-state index in [-0.39, 0.29) is 31.1 Å². The highest BCUT2D eigenvalue weighted by molar-refractivity contribution is 5.71. The summed E-state index contributed by atoms with van der Waals surface area (Å²) < 4.78 is 16.9. The van der Waals surface area contributed by atoms with Gasteiger partial charge in [0, 0.05) is 19.3 Å². The molecular formula is C63H112O6. The molecule has 0 spiro atoms. The van der Waals surface area contributed by atoms with E-state index in [1.54, 1.807) is 0 Å². The van der Waals surface area contributed by atoms with Crippen molar-refractivity contribution in [2.45, 2.75) is 309 Å². The summed E-state index contributed by atoms with van der Waals surface area (Å²) in [7, 11) is 0. The summed E-state index contributed by atoms with van der Waals surface area (Å²) >= 11 is 0. The highest BCUT2D eigenvalue weighted by Gasteiger charge is 2.19. The molecule has 0 radical (unpaired) electrons. The van der Waals surface area contributed by atoms with Gasteiger partial charge in [0.2, 0.25) is 0 Å². The number of allylic oxidation sites excluding steroid dienone is 10. The summed E-state index contributed by atoms with van der Waals surface area (Å²) in [6.45, 7) is 6.53. The minimum absolute atomic E-state index is 0.0825. The van der Waals surface area contributed by atoms with Crippen molar-refractivity contribution in [2.24, 2.45) is 0 Å². The maximum absolute atomic E-state index is 12.9. The van der Waals surface area contributed by atoms with Gasteiger partial charge in [0.05, 0.1) is 0 Å². The predicted octanol–water partition coefficient (Wildman–Crippen LogP) is 20.0. The van der Waals surface area contributed by atoms with Gasteiger partial charge in [0.25, 0.3) is 0 Å². The zero-order chi connectivity index (χ0) is 50.0. The van der Waals surface area contributed by atoms with E-state index >= 15 is 0 Å². The summed E-state index contributed by atoms with van der Waals surface area (Å²) in [6, 6.07) is 0. The molecule has 0 rings (SSSR count). The van der Waals surface area contributed by atoms with E-state index in [1.807, 2.05) is 0 Å². The highest BCUT2D eigenvalue weighted by Crippen LogP contribution is 2.17. The van der Waals surface area contributed by atoms with Crippen LogP contribution in [-0.4, -0.2) is 37.2 Å². The van der Waals surface area contributed by atoms with E-state index in [0.717, 1.165) is 103 Å². The van der Waals surface area contributed by atoms with E-state index in [9.17, 15) is 14.4 Å². The molecule has 69 heavy (non-hydrogen) atoms. The van der Waals surface area contributed by atoms with Crippen molar-refractivity contribution in [2.75, 3.05) is 13.2 Å². The number of hydrogen-bond acceptors (Lipinski definition) is 6. The number of esters is 3. The molecule has 400 valence electrons. The van der Waals surface area contributed by atoms with Crippen molar-refractivity contribution in [1.29, 1.82) is 0 Å². The zero-order valence-electron chi connectivity index (χ0n) is 45.8. The van der Waals surface area contributed by atoms with Crippen molar-refractivity contribution < 1.29 is 28.6 Å². The monoisotopic (exact) mass is 965 g/mol. The molecule has 0 heterocycles. The molecule has 6 heteroatoms. The van der Waals surface area contributed by atoms with Crippen LogP contribution < -0.4 is 0 Å². The molecule has 0 bridgehead atoms. The molecule has 0 fully saturated rings. The minimum atomic E-state index is -0.787. The Morgan fingerprint density at radius 1 is 0.319 bits per heavy atom. The van der Waals surface area contributed by atoms with Gasteiger partial charge in [-0.3, -0.25) is 14.4 Å². The van der Waals surface area contributed by atoms with Gasteiger partial charge < -0.3 is 14.2 Å². The summed E-state index contributed by atoms with van der Waals surface area (Å²) in [5.74, 6) is -0.897. The highest BCUT2D eigenvalue weighted by atomic mass is 16.6. The Hall–Kier alpha value is -2.89.